The van der Waals surface area contributed by atoms with E-state index in [1.165, 1.54) is 22.4 Å². The molecule has 0 aliphatic carbocycles. The summed E-state index contributed by atoms with van der Waals surface area (Å²) in [6, 6.07) is 4.58. The lowest BCUT2D eigenvalue weighted by atomic mass is 9.91. The highest BCUT2D eigenvalue weighted by Crippen LogP contribution is 2.36. The van der Waals surface area contributed by atoms with E-state index in [1.54, 1.807) is 0 Å². The van der Waals surface area contributed by atoms with Gasteiger partial charge >= 0.3 is 0 Å². The van der Waals surface area contributed by atoms with Crippen LogP contribution >= 0.6 is 0 Å². The van der Waals surface area contributed by atoms with Crippen LogP contribution in [0.4, 0.5) is 5.69 Å². The van der Waals surface area contributed by atoms with Crippen molar-refractivity contribution in [3.05, 3.63) is 28.8 Å². The number of hydrogen-bond donors (Lipinski definition) is 1. The maximum atomic E-state index is 6.15. The van der Waals surface area contributed by atoms with Crippen molar-refractivity contribution in [3.63, 3.8) is 0 Å². The first kappa shape index (κ1) is 9.53. The fourth-order valence-electron chi connectivity index (χ4n) is 2.38. The van der Waals surface area contributed by atoms with E-state index >= 15 is 0 Å². The number of benzene rings is 1. The van der Waals surface area contributed by atoms with Gasteiger partial charge < -0.3 is 10.6 Å². The Labute approximate surface area is 85.7 Å². The van der Waals surface area contributed by atoms with E-state index in [1.807, 2.05) is 0 Å². The van der Waals surface area contributed by atoms with E-state index in [9.17, 15) is 0 Å². The minimum atomic E-state index is 0.223. The summed E-state index contributed by atoms with van der Waals surface area (Å²) in [7, 11) is 2.15. The molecular formula is C12H18N2. The first-order valence-electron chi connectivity index (χ1n) is 5.18. The SMILES string of the molecule is Cc1ccc(C)c2c1C(N)CCN2C. The van der Waals surface area contributed by atoms with Gasteiger partial charge in [-0.1, -0.05) is 12.1 Å². The van der Waals surface area contributed by atoms with E-state index in [4.69, 9.17) is 5.73 Å². The van der Waals surface area contributed by atoms with Crippen LogP contribution in [-0.2, 0) is 0 Å². The third-order valence-electron chi connectivity index (χ3n) is 3.16. The Bertz CT molecular complexity index is 323. The topological polar surface area (TPSA) is 29.3 Å². The molecule has 0 saturated heterocycles. The molecule has 0 radical (unpaired) electrons. The molecular weight excluding hydrogens is 172 g/mol. The van der Waals surface area contributed by atoms with Gasteiger partial charge in [-0.15, -0.1) is 0 Å². The Morgan fingerprint density at radius 3 is 2.57 bits per heavy atom. The van der Waals surface area contributed by atoms with E-state index in [0.29, 0.717) is 0 Å². The second-order valence-electron chi connectivity index (χ2n) is 4.28. The van der Waals surface area contributed by atoms with Gasteiger partial charge in [-0.2, -0.15) is 0 Å². The van der Waals surface area contributed by atoms with Gasteiger partial charge in [0.25, 0.3) is 0 Å². The molecule has 1 aromatic carbocycles. The molecule has 2 rings (SSSR count). The molecule has 0 bridgehead atoms. The smallest absolute Gasteiger partial charge is 0.0444 e. The van der Waals surface area contributed by atoms with Crippen molar-refractivity contribution in [1.29, 1.82) is 0 Å². The van der Waals surface area contributed by atoms with Crippen LogP contribution in [0.2, 0.25) is 0 Å². The van der Waals surface area contributed by atoms with Crippen molar-refractivity contribution < 1.29 is 0 Å². The van der Waals surface area contributed by atoms with Gasteiger partial charge in [0.05, 0.1) is 0 Å². The van der Waals surface area contributed by atoms with Crippen molar-refractivity contribution in [3.8, 4) is 0 Å². The molecule has 76 valence electrons. The van der Waals surface area contributed by atoms with Crippen LogP contribution in [0.1, 0.15) is 29.2 Å². The van der Waals surface area contributed by atoms with Crippen molar-refractivity contribution in [2.24, 2.45) is 5.73 Å². The van der Waals surface area contributed by atoms with Crippen LogP contribution in [0.5, 0.6) is 0 Å². The van der Waals surface area contributed by atoms with Gasteiger partial charge in [0.2, 0.25) is 0 Å². The largest absolute Gasteiger partial charge is 0.374 e. The molecule has 2 N–H and O–H groups in total. The molecule has 1 aromatic rings. The van der Waals surface area contributed by atoms with E-state index in [2.05, 4.69) is 37.9 Å². The maximum absolute atomic E-state index is 6.15. The van der Waals surface area contributed by atoms with E-state index < -0.39 is 0 Å². The van der Waals surface area contributed by atoms with Gasteiger partial charge in [-0.25, -0.2) is 0 Å². The second-order valence-corrected chi connectivity index (χ2v) is 4.28. The highest BCUT2D eigenvalue weighted by molar-refractivity contribution is 5.64. The lowest BCUT2D eigenvalue weighted by Crippen LogP contribution is -2.31. The molecule has 1 unspecified atom stereocenters. The number of hydrogen-bond acceptors (Lipinski definition) is 2. The predicted octanol–water partition coefficient (Wildman–Crippen LogP) is 2.14. The van der Waals surface area contributed by atoms with Crippen LogP contribution in [0.15, 0.2) is 12.1 Å². The zero-order valence-electron chi connectivity index (χ0n) is 9.17. The van der Waals surface area contributed by atoms with Gasteiger partial charge in [-0.05, 0) is 37.0 Å². The quantitative estimate of drug-likeness (QED) is 0.679. The minimum absolute atomic E-state index is 0.223. The zero-order valence-corrected chi connectivity index (χ0v) is 9.17. The fourth-order valence-corrected chi connectivity index (χ4v) is 2.38. The Morgan fingerprint density at radius 1 is 1.29 bits per heavy atom. The number of nitrogens with two attached hydrogens (primary N) is 1. The molecule has 1 aliphatic rings. The van der Waals surface area contributed by atoms with Crippen LogP contribution in [-0.4, -0.2) is 13.6 Å². The Hall–Kier alpha value is -1.02. The molecule has 1 heterocycles. The standard InChI is InChI=1S/C12H18N2/c1-8-4-5-9(2)12-11(8)10(13)6-7-14(12)3/h4-5,10H,6-7,13H2,1-3H3. The number of rotatable bonds is 0. The summed E-state index contributed by atoms with van der Waals surface area (Å²) in [5.41, 5.74) is 11.5. The Kier molecular flexibility index (Phi) is 2.23. The third-order valence-corrected chi connectivity index (χ3v) is 3.16. The van der Waals surface area contributed by atoms with Crippen molar-refractivity contribution in [2.75, 3.05) is 18.5 Å². The van der Waals surface area contributed by atoms with Crippen LogP contribution in [0.3, 0.4) is 0 Å². The summed E-state index contributed by atoms with van der Waals surface area (Å²) in [5, 5.41) is 0. The molecule has 2 nitrogen and oxygen atoms in total. The lowest BCUT2D eigenvalue weighted by Gasteiger charge is -2.34. The zero-order chi connectivity index (χ0) is 10.3. The highest BCUT2D eigenvalue weighted by Gasteiger charge is 2.23. The molecule has 0 fully saturated rings. The average Bonchev–Trinajstić information content (AvgIpc) is 2.16. The summed E-state index contributed by atoms with van der Waals surface area (Å²) < 4.78 is 0. The highest BCUT2D eigenvalue weighted by atomic mass is 15.1. The summed E-state index contributed by atoms with van der Waals surface area (Å²) >= 11 is 0. The molecule has 14 heavy (non-hydrogen) atoms. The Morgan fingerprint density at radius 2 is 1.93 bits per heavy atom. The van der Waals surface area contributed by atoms with Crippen LogP contribution < -0.4 is 10.6 Å². The van der Waals surface area contributed by atoms with E-state index in [-0.39, 0.29) is 6.04 Å². The van der Waals surface area contributed by atoms with Crippen molar-refractivity contribution in [2.45, 2.75) is 26.3 Å². The number of nitrogens with zero attached hydrogens (tertiary/aromatic N) is 1. The second kappa shape index (κ2) is 3.28. The molecule has 2 heteroatoms. The predicted molar refractivity (Wildman–Crippen MR) is 60.7 cm³/mol. The van der Waals surface area contributed by atoms with Crippen molar-refractivity contribution >= 4 is 5.69 Å². The summed E-state index contributed by atoms with van der Waals surface area (Å²) in [6.07, 6.45) is 1.06. The molecule has 1 aliphatic heterocycles. The number of aryl methyl sites for hydroxylation is 2. The summed E-state index contributed by atoms with van der Waals surface area (Å²) in [5.74, 6) is 0. The van der Waals surface area contributed by atoms with Crippen LogP contribution in [0, 0.1) is 13.8 Å². The lowest BCUT2D eigenvalue weighted by molar-refractivity contribution is 0.609. The molecule has 0 spiro atoms. The summed E-state index contributed by atoms with van der Waals surface area (Å²) in [6.45, 7) is 5.38. The van der Waals surface area contributed by atoms with Gasteiger partial charge in [-0.3, -0.25) is 0 Å². The maximum Gasteiger partial charge on any atom is 0.0444 e. The number of anilines is 1. The number of fused-ring (bicyclic) bond motifs is 1. The molecule has 0 aromatic heterocycles. The van der Waals surface area contributed by atoms with E-state index in [0.717, 1.165) is 13.0 Å². The average molecular weight is 190 g/mol. The van der Waals surface area contributed by atoms with Gasteiger partial charge in [0.15, 0.2) is 0 Å². The Balaban J connectivity index is 2.65. The summed E-state index contributed by atoms with van der Waals surface area (Å²) in [4.78, 5) is 2.32. The van der Waals surface area contributed by atoms with Crippen LogP contribution in [0.25, 0.3) is 0 Å². The monoisotopic (exact) mass is 190 g/mol. The third kappa shape index (κ3) is 1.30. The molecule has 0 amide bonds. The normalized spacial score (nSPS) is 20.9. The first-order valence-corrected chi connectivity index (χ1v) is 5.18. The minimum Gasteiger partial charge on any atom is -0.374 e. The first-order chi connectivity index (χ1) is 6.61. The van der Waals surface area contributed by atoms with Crippen molar-refractivity contribution in [1.82, 2.24) is 0 Å². The van der Waals surface area contributed by atoms with Gasteiger partial charge in [0.1, 0.15) is 0 Å². The molecule has 0 saturated carbocycles. The van der Waals surface area contributed by atoms with Gasteiger partial charge in [0, 0.05) is 25.3 Å². The molecule has 1 atom stereocenters. The fraction of sp³-hybridized carbons (Fsp3) is 0.500.